The van der Waals surface area contributed by atoms with Crippen LogP contribution in [0.4, 0.5) is 11.4 Å². The molecule has 1 N–H and O–H groups in total. The Morgan fingerprint density at radius 3 is 2.26 bits per heavy atom. The second-order valence-corrected chi connectivity index (χ2v) is 7.64. The number of carbonyl (C=O) groups excluding carboxylic acids is 1. The highest BCUT2D eigenvalue weighted by Gasteiger charge is 2.47. The van der Waals surface area contributed by atoms with Crippen molar-refractivity contribution in [2.24, 2.45) is 0 Å². The third-order valence-corrected chi connectivity index (χ3v) is 5.63. The highest BCUT2D eigenvalue weighted by molar-refractivity contribution is 7.80. The summed E-state index contributed by atoms with van der Waals surface area (Å²) in [6, 6.07) is 15.2. The third-order valence-electron chi connectivity index (χ3n) is 5.10. The Balaban J connectivity index is 1.60. The monoisotopic (exact) mass is 401 g/mol. The number of nitrogens with zero attached hydrogens (tertiary/aromatic N) is 2. The summed E-state index contributed by atoms with van der Waals surface area (Å²) in [7, 11) is 0. The van der Waals surface area contributed by atoms with E-state index in [1.54, 1.807) is 24.3 Å². The van der Waals surface area contributed by atoms with Crippen LogP contribution in [0.3, 0.4) is 0 Å². The van der Waals surface area contributed by atoms with Crippen molar-refractivity contribution >= 4 is 46.2 Å². The predicted octanol–water partition coefficient (Wildman–Crippen LogP) is 3.31. The van der Waals surface area contributed by atoms with Crippen molar-refractivity contribution in [3.8, 4) is 0 Å². The molecule has 2 aliphatic heterocycles. The minimum Gasteiger partial charge on any atom is -0.378 e. The number of halogens is 1. The van der Waals surface area contributed by atoms with Gasteiger partial charge in [-0.15, -0.1) is 0 Å². The lowest BCUT2D eigenvalue weighted by Crippen LogP contribution is -2.41. The van der Waals surface area contributed by atoms with Gasteiger partial charge in [0, 0.05) is 23.8 Å². The molecule has 0 bridgehead atoms. The first-order valence-electron chi connectivity index (χ1n) is 8.84. The quantitative estimate of drug-likeness (QED) is 0.799. The number of rotatable bonds is 3. The van der Waals surface area contributed by atoms with E-state index in [0.717, 1.165) is 37.6 Å². The average molecular weight is 402 g/mol. The zero-order chi connectivity index (χ0) is 19.0. The molecule has 1 unspecified atom stereocenters. The molecule has 2 heterocycles. The van der Waals surface area contributed by atoms with Crippen molar-refractivity contribution in [3.63, 3.8) is 0 Å². The number of thiocarbonyl (C=S) groups is 1. The summed E-state index contributed by atoms with van der Waals surface area (Å²) in [6.07, 6.45) is 0. The number of amides is 1. The van der Waals surface area contributed by atoms with E-state index in [0.29, 0.717) is 15.8 Å². The number of morpholine rings is 1. The van der Waals surface area contributed by atoms with E-state index in [9.17, 15) is 4.79 Å². The maximum Gasteiger partial charge on any atom is 0.263 e. The average Bonchev–Trinajstić information content (AvgIpc) is 2.93. The molecule has 2 aromatic carbocycles. The van der Waals surface area contributed by atoms with Gasteiger partial charge in [0.05, 0.1) is 18.9 Å². The molecule has 1 atom stereocenters. The first-order valence-corrected chi connectivity index (χ1v) is 9.63. The van der Waals surface area contributed by atoms with E-state index in [1.807, 2.05) is 19.1 Å². The van der Waals surface area contributed by atoms with Crippen LogP contribution in [0, 0.1) is 0 Å². The summed E-state index contributed by atoms with van der Waals surface area (Å²) in [5, 5.41) is 4.21. The smallest absolute Gasteiger partial charge is 0.263 e. The molecule has 2 aromatic rings. The second-order valence-electron chi connectivity index (χ2n) is 6.82. The highest BCUT2D eigenvalue weighted by Crippen LogP contribution is 2.33. The van der Waals surface area contributed by atoms with Crippen LogP contribution in [0.25, 0.3) is 0 Å². The maximum absolute atomic E-state index is 13.2. The molecule has 7 heteroatoms. The third kappa shape index (κ3) is 3.29. The molecule has 1 amide bonds. The lowest BCUT2D eigenvalue weighted by atomic mass is 9.91. The van der Waals surface area contributed by atoms with Crippen molar-refractivity contribution in [1.29, 1.82) is 0 Å². The molecule has 0 aromatic heterocycles. The first-order chi connectivity index (χ1) is 13.0. The van der Waals surface area contributed by atoms with Gasteiger partial charge >= 0.3 is 0 Å². The summed E-state index contributed by atoms with van der Waals surface area (Å²) in [5.74, 6) is -0.103. The van der Waals surface area contributed by atoms with Gasteiger partial charge in [0.2, 0.25) is 0 Å². The van der Waals surface area contributed by atoms with Crippen LogP contribution in [0.2, 0.25) is 5.02 Å². The van der Waals surface area contributed by atoms with Crippen LogP contribution in [0.5, 0.6) is 0 Å². The van der Waals surface area contributed by atoms with E-state index in [-0.39, 0.29) is 5.91 Å². The van der Waals surface area contributed by atoms with Crippen molar-refractivity contribution < 1.29 is 9.53 Å². The lowest BCUT2D eigenvalue weighted by Gasteiger charge is -2.29. The first kappa shape index (κ1) is 18.2. The number of anilines is 2. The molecule has 0 aliphatic carbocycles. The van der Waals surface area contributed by atoms with Gasteiger partial charge in [0.1, 0.15) is 5.54 Å². The predicted molar refractivity (Wildman–Crippen MR) is 111 cm³/mol. The summed E-state index contributed by atoms with van der Waals surface area (Å²) in [4.78, 5) is 17.0. The topological polar surface area (TPSA) is 44.8 Å². The van der Waals surface area contributed by atoms with Crippen molar-refractivity contribution in [2.45, 2.75) is 12.5 Å². The zero-order valence-electron chi connectivity index (χ0n) is 14.9. The molecule has 0 radical (unpaired) electrons. The van der Waals surface area contributed by atoms with Crippen LogP contribution >= 0.6 is 23.8 Å². The van der Waals surface area contributed by atoms with Gasteiger partial charge in [0.15, 0.2) is 5.11 Å². The van der Waals surface area contributed by atoms with Crippen molar-refractivity contribution in [1.82, 2.24) is 5.32 Å². The Kier molecular flexibility index (Phi) is 4.80. The molecule has 27 heavy (non-hydrogen) atoms. The minimum absolute atomic E-state index is 0.103. The fourth-order valence-corrected chi connectivity index (χ4v) is 4.00. The number of nitrogens with one attached hydrogen (secondary N) is 1. The maximum atomic E-state index is 13.2. The number of benzene rings is 2. The summed E-state index contributed by atoms with van der Waals surface area (Å²) < 4.78 is 5.40. The number of ether oxygens (including phenoxy) is 1. The molecule has 2 aliphatic rings. The van der Waals surface area contributed by atoms with Gasteiger partial charge in [-0.2, -0.15) is 0 Å². The summed E-state index contributed by atoms with van der Waals surface area (Å²) >= 11 is 11.4. The standard InChI is InChI=1S/C20H20ClN3O2S/c1-20(14-2-6-16(7-3-14)23-10-12-26-13-11-23)18(25)24(19(27)22-20)17-8-4-15(21)5-9-17/h2-9H,10-13H2,1H3,(H,22,27). The molecule has 2 fully saturated rings. The Morgan fingerprint density at radius 2 is 1.63 bits per heavy atom. The van der Waals surface area contributed by atoms with Gasteiger partial charge in [0.25, 0.3) is 5.91 Å². The number of hydrogen-bond donors (Lipinski definition) is 1. The Labute approximate surface area is 168 Å². The van der Waals surface area contributed by atoms with Crippen LogP contribution in [0.1, 0.15) is 12.5 Å². The molecule has 0 spiro atoms. The number of hydrogen-bond acceptors (Lipinski definition) is 4. The molecular formula is C20H20ClN3O2S. The molecule has 5 nitrogen and oxygen atoms in total. The normalized spacial score (nSPS) is 22.9. The van der Waals surface area contributed by atoms with Crippen molar-refractivity contribution in [3.05, 3.63) is 59.1 Å². The Bertz CT molecular complexity index is 866. The van der Waals surface area contributed by atoms with E-state index in [2.05, 4.69) is 22.3 Å². The fraction of sp³-hybridized carbons (Fsp3) is 0.300. The van der Waals surface area contributed by atoms with Gasteiger partial charge in [-0.3, -0.25) is 9.69 Å². The van der Waals surface area contributed by atoms with Crippen LogP contribution < -0.4 is 15.1 Å². The van der Waals surface area contributed by atoms with Crippen molar-refractivity contribution in [2.75, 3.05) is 36.1 Å². The van der Waals surface area contributed by atoms with E-state index in [1.165, 1.54) is 4.90 Å². The largest absolute Gasteiger partial charge is 0.378 e. The van der Waals surface area contributed by atoms with Crippen LogP contribution in [-0.2, 0) is 15.1 Å². The zero-order valence-corrected chi connectivity index (χ0v) is 16.5. The molecule has 0 saturated carbocycles. The Morgan fingerprint density at radius 1 is 1.04 bits per heavy atom. The van der Waals surface area contributed by atoms with Gasteiger partial charge in [-0.1, -0.05) is 23.7 Å². The van der Waals surface area contributed by atoms with Gasteiger partial charge in [-0.25, -0.2) is 0 Å². The molecule has 4 rings (SSSR count). The molecule has 140 valence electrons. The number of carbonyl (C=O) groups is 1. The SMILES string of the molecule is CC1(c2ccc(N3CCOCC3)cc2)NC(=S)N(c2ccc(Cl)cc2)C1=O. The second kappa shape index (κ2) is 7.11. The highest BCUT2D eigenvalue weighted by atomic mass is 35.5. The van der Waals surface area contributed by atoms with Crippen LogP contribution in [0.15, 0.2) is 48.5 Å². The molecular weight excluding hydrogens is 382 g/mol. The van der Waals surface area contributed by atoms with E-state index < -0.39 is 5.54 Å². The van der Waals surface area contributed by atoms with E-state index >= 15 is 0 Å². The van der Waals surface area contributed by atoms with Crippen LogP contribution in [-0.4, -0.2) is 37.3 Å². The Hall–Kier alpha value is -2.15. The van der Waals surface area contributed by atoms with Gasteiger partial charge in [-0.05, 0) is 61.1 Å². The minimum atomic E-state index is -0.903. The lowest BCUT2D eigenvalue weighted by molar-refractivity contribution is -0.121. The fourth-order valence-electron chi connectivity index (χ4n) is 3.49. The van der Waals surface area contributed by atoms with E-state index in [4.69, 9.17) is 28.6 Å². The molecule has 2 saturated heterocycles. The summed E-state index contributed by atoms with van der Waals surface area (Å²) in [5.41, 5.74) is 1.81. The van der Waals surface area contributed by atoms with Gasteiger partial charge < -0.3 is 15.0 Å². The summed E-state index contributed by atoms with van der Waals surface area (Å²) in [6.45, 7) is 5.10.